The molecule has 5 aliphatic rings. The smallest absolute Gasteiger partial charge is 0.363 e. The number of carbonyl (C=O) groups is 1. The summed E-state index contributed by atoms with van der Waals surface area (Å²) in [5.41, 5.74) is 7.03. The predicted molar refractivity (Wildman–Crippen MR) is 109 cm³/mol. The van der Waals surface area contributed by atoms with Crippen molar-refractivity contribution in [2.45, 2.75) is 32.1 Å². The van der Waals surface area contributed by atoms with Crippen molar-refractivity contribution in [3.05, 3.63) is 57.2 Å². The normalized spacial score (nSPS) is 27.1. The maximum absolute atomic E-state index is 12.1. The summed E-state index contributed by atoms with van der Waals surface area (Å²) in [5.74, 6) is 0.657. The zero-order valence-electron chi connectivity index (χ0n) is 15.6. The Morgan fingerprint density at radius 1 is 1.26 bits per heavy atom. The van der Waals surface area contributed by atoms with Gasteiger partial charge in [-0.1, -0.05) is 49.3 Å². The van der Waals surface area contributed by atoms with E-state index in [2.05, 4.69) is 34.7 Å². The van der Waals surface area contributed by atoms with E-state index in [1.807, 2.05) is 0 Å². The topological polar surface area (TPSA) is 50.7 Å². The maximum Gasteiger partial charge on any atom is 0.363 e. The van der Waals surface area contributed by atoms with Gasteiger partial charge in [-0.25, -0.2) is 4.79 Å². The average Bonchev–Trinajstić information content (AvgIpc) is 3.24. The van der Waals surface area contributed by atoms with Gasteiger partial charge >= 0.3 is 5.97 Å². The van der Waals surface area contributed by atoms with E-state index in [0.717, 1.165) is 6.54 Å². The summed E-state index contributed by atoms with van der Waals surface area (Å²) in [5, 5.41) is 3.98. The van der Waals surface area contributed by atoms with Gasteiger partial charge < -0.3 is 10.1 Å². The highest BCUT2D eigenvalue weighted by molar-refractivity contribution is 8.19. The van der Waals surface area contributed by atoms with Crippen molar-refractivity contribution in [3.8, 4) is 0 Å². The number of hydrogen-bond donors (Lipinski definition) is 1. The van der Waals surface area contributed by atoms with Gasteiger partial charge in [-0.2, -0.15) is 0 Å². The highest BCUT2D eigenvalue weighted by Gasteiger charge is 2.41. The summed E-state index contributed by atoms with van der Waals surface area (Å²) in [6, 6.07) is 0. The highest BCUT2D eigenvalue weighted by Crippen LogP contribution is 2.55. The van der Waals surface area contributed by atoms with Crippen molar-refractivity contribution >= 4 is 22.8 Å². The fraction of sp³-hybridized carbons (Fsp3) is 0.455. The third-order valence-corrected chi connectivity index (χ3v) is 7.41. The van der Waals surface area contributed by atoms with Crippen LogP contribution in [-0.4, -0.2) is 31.2 Å². The van der Waals surface area contributed by atoms with E-state index in [0.29, 0.717) is 23.4 Å². The highest BCUT2D eigenvalue weighted by atomic mass is 32.2. The Labute approximate surface area is 164 Å². The largest absolute Gasteiger partial charge is 0.464 e. The number of nitrogens with zero attached hydrogens (tertiary/aromatic N) is 1. The third kappa shape index (κ3) is 2.75. The van der Waals surface area contributed by atoms with E-state index in [9.17, 15) is 4.79 Å². The molecule has 3 aliphatic carbocycles. The second-order valence-electron chi connectivity index (χ2n) is 7.74. The Hall–Kier alpha value is -2.01. The summed E-state index contributed by atoms with van der Waals surface area (Å²) in [6.07, 6.45) is 15.6. The number of allylic oxidation sites excluding steroid dienone is 7. The minimum atomic E-state index is -0.327. The molecule has 1 fully saturated rings. The zero-order valence-corrected chi connectivity index (χ0v) is 16.4. The molecule has 0 radical (unpaired) electrons. The lowest BCUT2D eigenvalue weighted by Crippen LogP contribution is -2.21. The first kappa shape index (κ1) is 17.1. The number of esters is 1. The molecule has 27 heavy (non-hydrogen) atoms. The molecule has 2 heterocycles. The van der Waals surface area contributed by atoms with E-state index < -0.39 is 0 Å². The lowest BCUT2D eigenvalue weighted by molar-refractivity contribution is -0.132. The molecule has 4 nitrogen and oxygen atoms in total. The predicted octanol–water partition coefficient (Wildman–Crippen LogP) is 4.05. The van der Waals surface area contributed by atoms with Crippen LogP contribution >= 0.6 is 11.8 Å². The summed E-state index contributed by atoms with van der Waals surface area (Å²) in [4.78, 5) is 17.9. The van der Waals surface area contributed by atoms with Gasteiger partial charge in [-0.05, 0) is 46.6 Å². The molecule has 0 spiro atoms. The Bertz CT molecular complexity index is 882. The van der Waals surface area contributed by atoms with Crippen LogP contribution in [0.25, 0.3) is 0 Å². The Kier molecular flexibility index (Phi) is 4.35. The van der Waals surface area contributed by atoms with Crippen molar-refractivity contribution in [1.82, 2.24) is 5.32 Å². The number of nitrogens with one attached hydrogen (secondary N) is 1. The van der Waals surface area contributed by atoms with Gasteiger partial charge in [0.05, 0.1) is 13.7 Å². The average molecular weight is 381 g/mol. The monoisotopic (exact) mass is 380 g/mol. The number of ether oxygens (including phenoxy) is 1. The fourth-order valence-electron chi connectivity index (χ4n) is 4.99. The molecule has 1 saturated carbocycles. The van der Waals surface area contributed by atoms with Crippen LogP contribution in [0.3, 0.4) is 0 Å². The summed E-state index contributed by atoms with van der Waals surface area (Å²) in [6.45, 7) is 1.36. The van der Waals surface area contributed by atoms with Gasteiger partial charge in [0.15, 0.2) is 5.04 Å². The fourth-order valence-corrected chi connectivity index (χ4v) is 6.09. The van der Waals surface area contributed by atoms with Gasteiger partial charge in [-0.3, -0.25) is 4.99 Å². The number of fused-ring (bicyclic) bond motifs is 4. The van der Waals surface area contributed by atoms with Crippen LogP contribution in [0.2, 0.25) is 0 Å². The van der Waals surface area contributed by atoms with Crippen LogP contribution in [0.1, 0.15) is 32.1 Å². The number of carbonyl (C=O) groups excluding carboxylic acids is 1. The first-order chi connectivity index (χ1) is 13.3. The van der Waals surface area contributed by atoms with Gasteiger partial charge in [-0.15, -0.1) is 0 Å². The lowest BCUT2D eigenvalue weighted by Gasteiger charge is -2.27. The third-order valence-electron chi connectivity index (χ3n) is 6.23. The van der Waals surface area contributed by atoms with E-state index >= 15 is 0 Å². The van der Waals surface area contributed by atoms with Gasteiger partial charge in [0.1, 0.15) is 0 Å². The van der Waals surface area contributed by atoms with Crippen molar-refractivity contribution in [3.63, 3.8) is 0 Å². The van der Waals surface area contributed by atoms with Crippen molar-refractivity contribution in [1.29, 1.82) is 0 Å². The summed E-state index contributed by atoms with van der Waals surface area (Å²) >= 11 is 1.51. The number of thioether (sulfide) groups is 1. The summed E-state index contributed by atoms with van der Waals surface area (Å²) in [7, 11) is 1.43. The molecule has 0 aromatic carbocycles. The Morgan fingerprint density at radius 3 is 2.93 bits per heavy atom. The molecule has 1 unspecified atom stereocenters. The quantitative estimate of drug-likeness (QED) is 0.735. The molecule has 1 N–H and O–H groups in total. The molecule has 2 aliphatic heterocycles. The van der Waals surface area contributed by atoms with Crippen LogP contribution in [0.4, 0.5) is 0 Å². The molecule has 140 valence electrons. The number of hydrogen-bond acceptors (Lipinski definition) is 5. The minimum absolute atomic E-state index is 0.327. The second-order valence-corrected chi connectivity index (χ2v) is 8.74. The van der Waals surface area contributed by atoms with E-state index in [1.165, 1.54) is 83.7 Å². The first-order valence-electron chi connectivity index (χ1n) is 9.87. The van der Waals surface area contributed by atoms with Gasteiger partial charge in [0.25, 0.3) is 0 Å². The van der Waals surface area contributed by atoms with E-state index in [1.54, 1.807) is 0 Å². The van der Waals surface area contributed by atoms with E-state index in [4.69, 9.17) is 4.74 Å². The molecule has 0 aromatic rings. The number of methoxy groups -OCH3 is 1. The molecule has 0 saturated heterocycles. The molecular formula is C22H24N2O2S. The molecule has 5 heteroatoms. The number of aliphatic imine (C=N–C) groups is 1. The van der Waals surface area contributed by atoms with Crippen LogP contribution in [0, 0.1) is 11.8 Å². The second kappa shape index (κ2) is 6.86. The zero-order chi connectivity index (χ0) is 18.4. The van der Waals surface area contributed by atoms with Crippen LogP contribution in [-0.2, 0) is 9.53 Å². The summed E-state index contributed by atoms with van der Waals surface area (Å²) < 4.78 is 4.95. The van der Waals surface area contributed by atoms with Crippen LogP contribution in [0.15, 0.2) is 62.2 Å². The van der Waals surface area contributed by atoms with Crippen molar-refractivity contribution < 1.29 is 9.53 Å². The Balaban J connectivity index is 1.63. The molecule has 1 atom stereocenters. The van der Waals surface area contributed by atoms with Crippen molar-refractivity contribution in [2.75, 3.05) is 20.2 Å². The molecule has 0 amide bonds. The molecule has 0 bridgehead atoms. The molecular weight excluding hydrogens is 356 g/mol. The van der Waals surface area contributed by atoms with Gasteiger partial charge in [0, 0.05) is 23.6 Å². The minimum Gasteiger partial charge on any atom is -0.464 e. The lowest BCUT2D eigenvalue weighted by atomic mass is 9.80. The maximum atomic E-state index is 12.1. The SMILES string of the molecule is COC(=O)C1=NCC2=C(S1)C1=C(C3CCCCC3)C3=CC=CC3C1=CNC2. The van der Waals surface area contributed by atoms with Gasteiger partial charge in [0.2, 0.25) is 0 Å². The standard InChI is InChI=1S/C22H24N2O2S/c1-26-22(25)21-24-11-14-10-23-12-17-15-8-5-9-16(15)18(19(17)20(14)27-21)13-6-3-2-4-7-13/h5,8-9,12-13,15,23H,2-4,6-7,10-11H2,1H3. The van der Waals surface area contributed by atoms with E-state index in [-0.39, 0.29) is 5.97 Å². The Morgan fingerprint density at radius 2 is 2.11 bits per heavy atom. The van der Waals surface area contributed by atoms with Crippen LogP contribution < -0.4 is 5.32 Å². The van der Waals surface area contributed by atoms with Crippen molar-refractivity contribution in [2.24, 2.45) is 16.8 Å². The molecule has 0 aromatic heterocycles. The molecule has 5 rings (SSSR count). The number of rotatable bonds is 2. The van der Waals surface area contributed by atoms with Crippen LogP contribution in [0.5, 0.6) is 0 Å². The first-order valence-corrected chi connectivity index (χ1v) is 10.7.